The molecular weight excluding hydrogens is 278 g/mol. The lowest BCUT2D eigenvalue weighted by atomic mass is 10.1. The van der Waals surface area contributed by atoms with Gasteiger partial charge >= 0.3 is 0 Å². The van der Waals surface area contributed by atoms with E-state index >= 15 is 0 Å². The lowest BCUT2D eigenvalue weighted by Gasteiger charge is -2.11. The molecule has 0 spiro atoms. The molecule has 0 aliphatic heterocycles. The van der Waals surface area contributed by atoms with Crippen molar-refractivity contribution in [1.29, 1.82) is 0 Å². The fourth-order valence-electron chi connectivity index (χ4n) is 2.43. The number of nitrogens with one attached hydrogen (secondary N) is 1. The maximum atomic E-state index is 5.04. The van der Waals surface area contributed by atoms with Crippen molar-refractivity contribution in [2.24, 2.45) is 0 Å². The number of hydrogen-bond donors (Lipinski definition) is 1. The molecule has 0 atom stereocenters. The minimum absolute atomic E-state index is 0.358. The van der Waals surface area contributed by atoms with Crippen LogP contribution in [0.1, 0.15) is 31.0 Å². The summed E-state index contributed by atoms with van der Waals surface area (Å²) in [6.45, 7) is 6.29. The zero-order chi connectivity index (χ0) is 15.7. The molecular formula is C16H19N5O. The molecule has 0 bridgehead atoms. The van der Waals surface area contributed by atoms with Crippen LogP contribution in [0.2, 0.25) is 0 Å². The number of pyridine rings is 1. The number of rotatable bonds is 4. The topological polar surface area (TPSA) is 64.3 Å². The van der Waals surface area contributed by atoms with Crippen LogP contribution in [0.15, 0.2) is 30.9 Å². The molecule has 3 aromatic rings. The van der Waals surface area contributed by atoms with Crippen LogP contribution in [0.25, 0.3) is 16.9 Å². The number of nitrogens with zero attached hydrogens (tertiary/aromatic N) is 4. The van der Waals surface area contributed by atoms with Gasteiger partial charge in [0.05, 0.1) is 12.8 Å². The van der Waals surface area contributed by atoms with E-state index in [1.165, 1.54) is 0 Å². The highest BCUT2D eigenvalue weighted by Gasteiger charge is 2.14. The third kappa shape index (κ3) is 2.53. The Morgan fingerprint density at radius 1 is 1.23 bits per heavy atom. The normalized spacial score (nSPS) is 11.3. The molecule has 0 fully saturated rings. The predicted octanol–water partition coefficient (Wildman–Crippen LogP) is 3.20. The minimum Gasteiger partial charge on any atom is -0.298 e. The Balaban J connectivity index is 2.24. The van der Waals surface area contributed by atoms with E-state index in [0.717, 1.165) is 28.2 Å². The molecule has 0 aromatic carbocycles. The first-order valence-electron chi connectivity index (χ1n) is 7.19. The standard InChI is InChI=1S/C16H19N5O/c1-10(2)14-8-18-16-15(20-22-4)19-13(9-21(14)16)12-5-11(3)6-17-7-12/h5-10H,1-4H3,(H,19,20). The van der Waals surface area contributed by atoms with Gasteiger partial charge < -0.3 is 0 Å². The van der Waals surface area contributed by atoms with Crippen LogP contribution >= 0.6 is 0 Å². The van der Waals surface area contributed by atoms with Crippen LogP contribution in [-0.4, -0.2) is 26.5 Å². The lowest BCUT2D eigenvalue weighted by molar-refractivity contribution is 0.269. The quantitative estimate of drug-likeness (QED) is 0.749. The molecule has 114 valence electrons. The third-order valence-electron chi connectivity index (χ3n) is 3.48. The van der Waals surface area contributed by atoms with Gasteiger partial charge in [-0.3, -0.25) is 14.2 Å². The molecule has 3 heterocycles. The highest BCUT2D eigenvalue weighted by atomic mass is 16.6. The summed E-state index contributed by atoms with van der Waals surface area (Å²) in [6, 6.07) is 2.06. The molecule has 0 aliphatic carbocycles. The summed E-state index contributed by atoms with van der Waals surface area (Å²) < 4.78 is 2.05. The first kappa shape index (κ1) is 14.5. The van der Waals surface area contributed by atoms with Gasteiger partial charge in [0.25, 0.3) is 0 Å². The number of hydrogen-bond acceptors (Lipinski definition) is 5. The molecule has 6 heteroatoms. The van der Waals surface area contributed by atoms with Gasteiger partial charge in [-0.2, -0.15) is 0 Å². The van der Waals surface area contributed by atoms with Gasteiger partial charge in [0.1, 0.15) is 0 Å². The monoisotopic (exact) mass is 297 g/mol. The number of aryl methyl sites for hydroxylation is 1. The average molecular weight is 297 g/mol. The maximum Gasteiger partial charge on any atom is 0.194 e. The van der Waals surface area contributed by atoms with Crippen LogP contribution in [0, 0.1) is 6.92 Å². The summed E-state index contributed by atoms with van der Waals surface area (Å²) in [7, 11) is 1.56. The minimum atomic E-state index is 0.358. The Bertz CT molecular complexity index is 809. The summed E-state index contributed by atoms with van der Waals surface area (Å²) in [4.78, 5) is 18.4. The first-order valence-corrected chi connectivity index (χ1v) is 7.19. The molecule has 0 radical (unpaired) electrons. The van der Waals surface area contributed by atoms with Gasteiger partial charge in [-0.15, -0.1) is 0 Å². The van der Waals surface area contributed by atoms with Crippen LogP contribution in [0.3, 0.4) is 0 Å². The van der Waals surface area contributed by atoms with E-state index < -0.39 is 0 Å². The maximum absolute atomic E-state index is 5.04. The predicted molar refractivity (Wildman–Crippen MR) is 85.7 cm³/mol. The second-order valence-corrected chi connectivity index (χ2v) is 5.56. The molecule has 6 nitrogen and oxygen atoms in total. The second-order valence-electron chi connectivity index (χ2n) is 5.56. The van der Waals surface area contributed by atoms with Gasteiger partial charge in [0.15, 0.2) is 11.5 Å². The first-order chi connectivity index (χ1) is 10.6. The molecule has 1 N–H and O–H groups in total. The zero-order valence-electron chi connectivity index (χ0n) is 13.2. The van der Waals surface area contributed by atoms with Crippen LogP contribution in [-0.2, 0) is 4.84 Å². The van der Waals surface area contributed by atoms with E-state index in [1.54, 1.807) is 7.11 Å². The Kier molecular flexibility index (Phi) is 3.77. The van der Waals surface area contributed by atoms with E-state index in [0.29, 0.717) is 11.7 Å². The number of aromatic nitrogens is 4. The van der Waals surface area contributed by atoms with E-state index in [1.807, 2.05) is 31.7 Å². The van der Waals surface area contributed by atoms with E-state index in [-0.39, 0.29) is 0 Å². The zero-order valence-corrected chi connectivity index (χ0v) is 13.2. The summed E-state index contributed by atoms with van der Waals surface area (Å²) >= 11 is 0. The summed E-state index contributed by atoms with van der Waals surface area (Å²) in [6.07, 6.45) is 7.51. The summed E-state index contributed by atoms with van der Waals surface area (Å²) in [5, 5.41) is 0. The Morgan fingerprint density at radius 3 is 2.73 bits per heavy atom. The Hall–Kier alpha value is -2.47. The van der Waals surface area contributed by atoms with Crippen molar-refractivity contribution in [3.8, 4) is 11.3 Å². The molecule has 22 heavy (non-hydrogen) atoms. The summed E-state index contributed by atoms with van der Waals surface area (Å²) in [5.41, 5.74) is 7.56. The van der Waals surface area contributed by atoms with E-state index in [9.17, 15) is 0 Å². The molecule has 3 rings (SSSR count). The van der Waals surface area contributed by atoms with Crippen molar-refractivity contribution < 1.29 is 4.84 Å². The fourth-order valence-corrected chi connectivity index (χ4v) is 2.43. The third-order valence-corrected chi connectivity index (χ3v) is 3.48. The van der Waals surface area contributed by atoms with Gasteiger partial charge in [0, 0.05) is 36.0 Å². The molecule has 0 amide bonds. The van der Waals surface area contributed by atoms with Gasteiger partial charge in [-0.25, -0.2) is 15.4 Å². The Morgan fingerprint density at radius 2 is 2.05 bits per heavy atom. The number of fused-ring (bicyclic) bond motifs is 1. The fraction of sp³-hybridized carbons (Fsp3) is 0.312. The van der Waals surface area contributed by atoms with Crippen LogP contribution in [0.4, 0.5) is 5.82 Å². The number of anilines is 1. The highest BCUT2D eigenvalue weighted by Crippen LogP contribution is 2.25. The van der Waals surface area contributed by atoms with Crippen molar-refractivity contribution in [1.82, 2.24) is 19.4 Å². The van der Waals surface area contributed by atoms with Gasteiger partial charge in [-0.05, 0) is 24.5 Å². The van der Waals surface area contributed by atoms with Crippen molar-refractivity contribution in [3.05, 3.63) is 42.1 Å². The molecule has 0 saturated heterocycles. The van der Waals surface area contributed by atoms with Gasteiger partial charge in [-0.1, -0.05) is 13.8 Å². The van der Waals surface area contributed by atoms with Crippen molar-refractivity contribution in [3.63, 3.8) is 0 Å². The SMILES string of the molecule is CONc1nc(-c2cncc(C)c2)cn2c(C(C)C)cnc12. The lowest BCUT2D eigenvalue weighted by Crippen LogP contribution is -2.05. The molecule has 0 saturated carbocycles. The average Bonchev–Trinajstić information content (AvgIpc) is 2.91. The molecule has 0 aliphatic rings. The van der Waals surface area contributed by atoms with E-state index in [4.69, 9.17) is 4.84 Å². The van der Waals surface area contributed by atoms with E-state index in [2.05, 4.69) is 44.7 Å². The molecule has 3 aromatic heterocycles. The Labute approximate surface area is 129 Å². The second kappa shape index (κ2) is 5.73. The van der Waals surface area contributed by atoms with Crippen molar-refractivity contribution >= 4 is 11.5 Å². The number of imidazole rings is 1. The largest absolute Gasteiger partial charge is 0.298 e. The van der Waals surface area contributed by atoms with Crippen LogP contribution in [0.5, 0.6) is 0 Å². The summed E-state index contributed by atoms with van der Waals surface area (Å²) in [5.74, 6) is 0.949. The highest BCUT2D eigenvalue weighted by molar-refractivity contribution is 5.69. The smallest absolute Gasteiger partial charge is 0.194 e. The van der Waals surface area contributed by atoms with Gasteiger partial charge in [0.2, 0.25) is 0 Å². The van der Waals surface area contributed by atoms with Crippen LogP contribution < -0.4 is 5.48 Å². The van der Waals surface area contributed by atoms with Crippen molar-refractivity contribution in [2.45, 2.75) is 26.7 Å². The van der Waals surface area contributed by atoms with Crippen molar-refractivity contribution in [2.75, 3.05) is 12.6 Å². The molecule has 0 unspecified atom stereocenters.